The van der Waals surface area contributed by atoms with Crippen LogP contribution in [0.3, 0.4) is 0 Å². The van der Waals surface area contributed by atoms with Gasteiger partial charge in [0.1, 0.15) is 0 Å². The van der Waals surface area contributed by atoms with E-state index < -0.39 is 6.10 Å². The van der Waals surface area contributed by atoms with E-state index in [2.05, 4.69) is 29.2 Å². The molecule has 4 unspecified atom stereocenters. The summed E-state index contributed by atoms with van der Waals surface area (Å²) in [5, 5.41) is 11.0. The third-order valence-corrected chi connectivity index (χ3v) is 7.31. The molecule has 0 spiro atoms. The lowest BCUT2D eigenvalue weighted by Crippen LogP contribution is -2.57. The molecule has 1 N–H and O–H groups in total. The monoisotopic (exact) mass is 370 g/mol. The predicted octanol–water partition coefficient (Wildman–Crippen LogP) is 3.12. The number of benzene rings is 1. The fourth-order valence-electron chi connectivity index (χ4n) is 5.94. The zero-order valence-corrected chi connectivity index (χ0v) is 16.1. The van der Waals surface area contributed by atoms with Gasteiger partial charge >= 0.3 is 6.09 Å². The number of amides is 1. The average molecular weight is 370 g/mol. The third kappa shape index (κ3) is 2.87. The standard InChI is InChI=1S/C22H30N2O3/c1-2-27-22(26)24-18-10-15-11-19(24)21(25)20(18)23(13-15)12-14-5-3-8-17(9-14)16-6-4-7-16/h3,5,8-9,15-16,18-21,25H,2,4,6-7,10-13H2,1H3/t15?,18?,19?,20?,21-/m0/s1. The molecule has 5 nitrogen and oxygen atoms in total. The minimum atomic E-state index is -0.471. The number of hydrogen-bond donors (Lipinski definition) is 1. The number of fused-ring (bicyclic) bond motifs is 2. The second kappa shape index (κ2) is 6.78. The van der Waals surface area contributed by atoms with Crippen LogP contribution in [-0.2, 0) is 11.3 Å². The van der Waals surface area contributed by atoms with Crippen molar-refractivity contribution in [1.82, 2.24) is 9.80 Å². The summed E-state index contributed by atoms with van der Waals surface area (Å²) in [6.07, 6.45) is 5.15. The first kappa shape index (κ1) is 17.5. The van der Waals surface area contributed by atoms with Crippen LogP contribution in [0.5, 0.6) is 0 Å². The second-order valence-electron chi connectivity index (χ2n) is 8.86. The molecule has 5 rings (SSSR count). The summed E-state index contributed by atoms with van der Waals surface area (Å²) in [5.41, 5.74) is 2.80. The van der Waals surface area contributed by atoms with Gasteiger partial charge in [0.05, 0.1) is 30.8 Å². The molecule has 5 atom stereocenters. The number of likely N-dealkylation sites (tertiary alicyclic amines) is 1. The van der Waals surface area contributed by atoms with Gasteiger partial charge in [-0.3, -0.25) is 9.80 Å². The Morgan fingerprint density at radius 3 is 2.81 bits per heavy atom. The lowest BCUT2D eigenvalue weighted by atomic mass is 9.79. The highest BCUT2D eigenvalue weighted by molar-refractivity contribution is 5.70. The van der Waals surface area contributed by atoms with E-state index in [4.69, 9.17) is 4.74 Å². The number of hydrogen-bond acceptors (Lipinski definition) is 4. The molecule has 1 aromatic rings. The molecule has 1 aromatic carbocycles. The molecule has 0 radical (unpaired) electrons. The van der Waals surface area contributed by atoms with Crippen LogP contribution in [0.15, 0.2) is 24.3 Å². The van der Waals surface area contributed by atoms with Crippen molar-refractivity contribution in [1.29, 1.82) is 0 Å². The molecule has 3 bridgehead atoms. The highest BCUT2D eigenvalue weighted by atomic mass is 16.6. The molecule has 1 saturated carbocycles. The molecule has 3 heterocycles. The van der Waals surface area contributed by atoms with E-state index in [-0.39, 0.29) is 24.2 Å². The number of aliphatic hydroxyl groups excluding tert-OH is 1. The van der Waals surface area contributed by atoms with Crippen molar-refractivity contribution in [3.63, 3.8) is 0 Å². The summed E-state index contributed by atoms with van der Waals surface area (Å²) in [4.78, 5) is 16.8. The van der Waals surface area contributed by atoms with Gasteiger partial charge in [-0.05, 0) is 55.6 Å². The maximum Gasteiger partial charge on any atom is 0.410 e. The molecule has 3 saturated heterocycles. The highest BCUT2D eigenvalue weighted by Crippen LogP contribution is 2.46. The average Bonchev–Trinajstić information content (AvgIpc) is 2.70. The Morgan fingerprint density at radius 1 is 1.26 bits per heavy atom. The van der Waals surface area contributed by atoms with Crippen molar-refractivity contribution in [2.45, 2.75) is 75.7 Å². The third-order valence-electron chi connectivity index (χ3n) is 7.31. The van der Waals surface area contributed by atoms with E-state index in [1.807, 2.05) is 11.8 Å². The molecule has 0 aromatic heterocycles. The fourth-order valence-corrected chi connectivity index (χ4v) is 5.94. The topological polar surface area (TPSA) is 53.0 Å². The van der Waals surface area contributed by atoms with Crippen LogP contribution in [0, 0.1) is 5.92 Å². The minimum absolute atomic E-state index is 0.0329. The van der Waals surface area contributed by atoms with E-state index in [1.165, 1.54) is 30.4 Å². The summed E-state index contributed by atoms with van der Waals surface area (Å²) in [6.45, 7) is 4.11. The minimum Gasteiger partial charge on any atom is -0.450 e. The number of piperidine rings is 2. The van der Waals surface area contributed by atoms with E-state index in [9.17, 15) is 9.90 Å². The first-order valence-corrected chi connectivity index (χ1v) is 10.6. The smallest absolute Gasteiger partial charge is 0.410 e. The number of carbonyl (C=O) groups is 1. The lowest BCUT2D eigenvalue weighted by Gasteiger charge is -2.46. The number of ether oxygens (including phenoxy) is 1. The van der Waals surface area contributed by atoms with Crippen molar-refractivity contribution in [2.24, 2.45) is 5.92 Å². The summed E-state index contributed by atoms with van der Waals surface area (Å²) in [6, 6.07) is 9.06. The van der Waals surface area contributed by atoms with Crippen LogP contribution >= 0.6 is 0 Å². The normalized spacial score (nSPS) is 35.3. The largest absolute Gasteiger partial charge is 0.450 e. The Bertz CT molecular complexity index is 719. The Hall–Kier alpha value is -1.59. The van der Waals surface area contributed by atoms with Gasteiger partial charge in [0.15, 0.2) is 0 Å². The zero-order chi connectivity index (χ0) is 18.5. The number of carbonyl (C=O) groups excluding carboxylic acids is 1. The Labute approximate surface area is 161 Å². The van der Waals surface area contributed by atoms with E-state index >= 15 is 0 Å². The van der Waals surface area contributed by atoms with Crippen LogP contribution in [0.1, 0.15) is 56.1 Å². The number of rotatable bonds is 4. The van der Waals surface area contributed by atoms with Gasteiger partial charge in [-0.15, -0.1) is 0 Å². The highest BCUT2D eigenvalue weighted by Gasteiger charge is 2.59. The van der Waals surface area contributed by atoms with Gasteiger partial charge in [-0.1, -0.05) is 30.7 Å². The second-order valence-corrected chi connectivity index (χ2v) is 8.86. The number of aliphatic hydroxyl groups is 1. The Morgan fingerprint density at radius 2 is 2.07 bits per heavy atom. The van der Waals surface area contributed by atoms with Gasteiger partial charge in [0.2, 0.25) is 0 Å². The summed E-state index contributed by atoms with van der Waals surface area (Å²) in [7, 11) is 0. The van der Waals surface area contributed by atoms with Gasteiger partial charge in [-0.25, -0.2) is 4.79 Å². The van der Waals surface area contributed by atoms with Crippen molar-refractivity contribution in [2.75, 3.05) is 13.2 Å². The zero-order valence-electron chi connectivity index (χ0n) is 16.1. The SMILES string of the molecule is CCOC(=O)N1C2CC3CC1[C@H](O)C2N(Cc1cccc(C2CCC2)c1)C3. The molecule has 1 aliphatic carbocycles. The summed E-state index contributed by atoms with van der Waals surface area (Å²) >= 11 is 0. The van der Waals surface area contributed by atoms with Crippen LogP contribution in [-0.4, -0.2) is 58.4 Å². The van der Waals surface area contributed by atoms with E-state index in [1.54, 1.807) is 0 Å². The first-order valence-electron chi connectivity index (χ1n) is 10.6. The molecule has 4 fully saturated rings. The molecular weight excluding hydrogens is 340 g/mol. The molecule has 3 aliphatic heterocycles. The maximum atomic E-state index is 12.5. The van der Waals surface area contributed by atoms with E-state index in [0.717, 1.165) is 31.8 Å². The van der Waals surface area contributed by atoms with Crippen LogP contribution in [0.4, 0.5) is 4.79 Å². The first-order chi connectivity index (χ1) is 13.2. The van der Waals surface area contributed by atoms with Crippen molar-refractivity contribution in [3.8, 4) is 0 Å². The van der Waals surface area contributed by atoms with Crippen molar-refractivity contribution < 1.29 is 14.6 Å². The van der Waals surface area contributed by atoms with Crippen LogP contribution in [0.25, 0.3) is 0 Å². The van der Waals surface area contributed by atoms with Crippen LogP contribution < -0.4 is 0 Å². The maximum absolute atomic E-state index is 12.5. The summed E-state index contributed by atoms with van der Waals surface area (Å²) < 4.78 is 5.29. The van der Waals surface area contributed by atoms with Crippen molar-refractivity contribution >= 4 is 6.09 Å². The van der Waals surface area contributed by atoms with E-state index in [0.29, 0.717) is 12.5 Å². The predicted molar refractivity (Wildman–Crippen MR) is 102 cm³/mol. The molecule has 5 heteroatoms. The van der Waals surface area contributed by atoms with Gasteiger partial charge in [-0.2, -0.15) is 0 Å². The van der Waals surface area contributed by atoms with Crippen molar-refractivity contribution in [3.05, 3.63) is 35.4 Å². The quantitative estimate of drug-likeness (QED) is 0.885. The molecule has 4 aliphatic rings. The molecule has 27 heavy (non-hydrogen) atoms. The van der Waals surface area contributed by atoms with Gasteiger partial charge in [0.25, 0.3) is 0 Å². The Balaban J connectivity index is 1.37. The molecular formula is C22H30N2O3. The van der Waals surface area contributed by atoms with Gasteiger partial charge in [0, 0.05) is 13.1 Å². The Kier molecular flexibility index (Phi) is 4.40. The number of nitrogens with zero attached hydrogens (tertiary/aromatic N) is 2. The molecule has 1 amide bonds. The lowest BCUT2D eigenvalue weighted by molar-refractivity contribution is 0.00752. The van der Waals surface area contributed by atoms with Crippen LogP contribution in [0.2, 0.25) is 0 Å². The fraction of sp³-hybridized carbons (Fsp3) is 0.682. The summed E-state index contributed by atoms with van der Waals surface area (Å²) in [5.74, 6) is 1.30. The van der Waals surface area contributed by atoms with Gasteiger partial charge < -0.3 is 9.84 Å². The molecule has 146 valence electrons.